The van der Waals surface area contributed by atoms with Crippen LogP contribution in [0.1, 0.15) is 32.1 Å². The van der Waals surface area contributed by atoms with E-state index in [1.165, 1.54) is 0 Å². The minimum atomic E-state index is -0.187. The van der Waals surface area contributed by atoms with Gasteiger partial charge in [0, 0.05) is 25.6 Å². The van der Waals surface area contributed by atoms with E-state index in [-0.39, 0.29) is 30.0 Å². The van der Waals surface area contributed by atoms with Crippen molar-refractivity contribution in [1.29, 1.82) is 0 Å². The first-order valence-corrected chi connectivity index (χ1v) is 7.84. The van der Waals surface area contributed by atoms with Crippen molar-refractivity contribution in [2.45, 2.75) is 43.8 Å². The van der Waals surface area contributed by atoms with Crippen LogP contribution in [0.2, 0.25) is 0 Å². The number of hydrogen-bond acceptors (Lipinski definition) is 5. The highest BCUT2D eigenvalue weighted by Gasteiger charge is 2.42. The molecule has 0 saturated carbocycles. The summed E-state index contributed by atoms with van der Waals surface area (Å²) in [6.07, 6.45) is 4.84. The second kappa shape index (κ2) is 6.52. The van der Waals surface area contributed by atoms with Crippen LogP contribution in [0.25, 0.3) is 0 Å². The van der Waals surface area contributed by atoms with E-state index in [0.717, 1.165) is 51.8 Å². The zero-order chi connectivity index (χ0) is 13.8. The molecule has 0 aliphatic carbocycles. The summed E-state index contributed by atoms with van der Waals surface area (Å²) in [5.74, 6) is 0.338. The molecule has 114 valence electrons. The van der Waals surface area contributed by atoms with Crippen molar-refractivity contribution in [3.8, 4) is 0 Å². The fourth-order valence-corrected chi connectivity index (χ4v) is 3.45. The predicted octanol–water partition coefficient (Wildman–Crippen LogP) is 0.910. The Labute approximate surface area is 120 Å². The number of carbonyl (C=O) groups excluding carboxylic acids is 1. The molecule has 0 amide bonds. The van der Waals surface area contributed by atoms with Crippen LogP contribution in [-0.2, 0) is 19.0 Å². The van der Waals surface area contributed by atoms with Crippen LogP contribution in [0.4, 0.5) is 0 Å². The average Bonchev–Trinajstić information content (AvgIpc) is 2.93. The number of nitrogens with one attached hydrogen (secondary N) is 1. The summed E-state index contributed by atoms with van der Waals surface area (Å²) in [6, 6.07) is 0. The monoisotopic (exact) mass is 283 g/mol. The molecular weight excluding hydrogens is 258 g/mol. The first kappa shape index (κ1) is 14.4. The lowest BCUT2D eigenvalue weighted by Crippen LogP contribution is -2.43. The van der Waals surface area contributed by atoms with Crippen molar-refractivity contribution in [2.75, 3.05) is 39.5 Å². The van der Waals surface area contributed by atoms with E-state index in [2.05, 4.69) is 5.32 Å². The number of hydrogen-bond donors (Lipinski definition) is 1. The summed E-state index contributed by atoms with van der Waals surface area (Å²) in [7, 11) is 0. The third kappa shape index (κ3) is 3.39. The Morgan fingerprint density at radius 1 is 1.25 bits per heavy atom. The van der Waals surface area contributed by atoms with Crippen LogP contribution in [0.15, 0.2) is 0 Å². The van der Waals surface area contributed by atoms with Gasteiger partial charge in [0.2, 0.25) is 0 Å². The van der Waals surface area contributed by atoms with Crippen LogP contribution in [0, 0.1) is 5.92 Å². The van der Waals surface area contributed by atoms with E-state index in [4.69, 9.17) is 14.2 Å². The van der Waals surface area contributed by atoms with Crippen molar-refractivity contribution in [3.63, 3.8) is 0 Å². The largest absolute Gasteiger partial charge is 0.378 e. The van der Waals surface area contributed by atoms with E-state index in [9.17, 15) is 4.79 Å². The molecule has 3 aliphatic heterocycles. The number of Topliss-reactive ketones (excluding diaryl/α,β-unsaturated/α-hetero) is 1. The van der Waals surface area contributed by atoms with Gasteiger partial charge in [-0.2, -0.15) is 0 Å². The molecule has 0 bridgehead atoms. The molecule has 0 aromatic rings. The first-order valence-electron chi connectivity index (χ1n) is 7.84. The fraction of sp³-hybridized carbons (Fsp3) is 0.933. The lowest BCUT2D eigenvalue weighted by atomic mass is 9.83. The normalized spacial score (nSPS) is 35.5. The van der Waals surface area contributed by atoms with Crippen molar-refractivity contribution in [3.05, 3.63) is 0 Å². The molecular formula is C15H25NO4. The van der Waals surface area contributed by atoms with Crippen molar-refractivity contribution in [2.24, 2.45) is 5.92 Å². The molecule has 2 atom stereocenters. The summed E-state index contributed by atoms with van der Waals surface area (Å²) in [6.45, 7) is 4.34. The van der Waals surface area contributed by atoms with Crippen molar-refractivity contribution < 1.29 is 19.0 Å². The molecule has 5 nitrogen and oxygen atoms in total. The highest BCUT2D eigenvalue weighted by Crippen LogP contribution is 2.36. The number of piperidine rings is 1. The Morgan fingerprint density at radius 3 is 2.85 bits per heavy atom. The Hall–Kier alpha value is -0.490. The number of ketones is 1. The molecule has 3 aliphatic rings. The molecule has 0 radical (unpaired) electrons. The van der Waals surface area contributed by atoms with Gasteiger partial charge in [-0.1, -0.05) is 0 Å². The van der Waals surface area contributed by atoms with Crippen LogP contribution in [0.3, 0.4) is 0 Å². The average molecular weight is 283 g/mol. The Kier molecular flexibility index (Phi) is 4.71. The summed E-state index contributed by atoms with van der Waals surface area (Å²) in [5.41, 5.74) is -0.187. The molecule has 20 heavy (non-hydrogen) atoms. The Morgan fingerprint density at radius 2 is 2.10 bits per heavy atom. The van der Waals surface area contributed by atoms with Crippen molar-refractivity contribution in [1.82, 2.24) is 5.32 Å². The smallest absolute Gasteiger partial charge is 0.161 e. The highest BCUT2D eigenvalue weighted by molar-refractivity contribution is 5.82. The number of rotatable bonds is 4. The van der Waals surface area contributed by atoms with Gasteiger partial charge in [0.15, 0.2) is 5.78 Å². The molecule has 0 aromatic heterocycles. The van der Waals surface area contributed by atoms with Gasteiger partial charge in [-0.15, -0.1) is 0 Å². The molecule has 2 unspecified atom stereocenters. The maximum absolute atomic E-state index is 12.3. The van der Waals surface area contributed by atoms with E-state index in [1.807, 2.05) is 0 Å². The molecule has 3 fully saturated rings. The van der Waals surface area contributed by atoms with Crippen LogP contribution >= 0.6 is 0 Å². The fourth-order valence-electron chi connectivity index (χ4n) is 3.45. The third-order valence-electron chi connectivity index (χ3n) is 4.76. The molecule has 5 heteroatoms. The second-order valence-electron chi connectivity index (χ2n) is 6.25. The summed E-state index contributed by atoms with van der Waals surface area (Å²) in [4.78, 5) is 12.3. The zero-order valence-corrected chi connectivity index (χ0v) is 12.1. The van der Waals surface area contributed by atoms with Gasteiger partial charge in [0.25, 0.3) is 0 Å². The van der Waals surface area contributed by atoms with Crippen LogP contribution < -0.4 is 5.32 Å². The van der Waals surface area contributed by atoms with Gasteiger partial charge in [0.05, 0.1) is 18.3 Å². The summed E-state index contributed by atoms with van der Waals surface area (Å²) < 4.78 is 17.1. The highest BCUT2D eigenvalue weighted by atomic mass is 16.6. The van der Waals surface area contributed by atoms with E-state index in [0.29, 0.717) is 13.2 Å². The van der Waals surface area contributed by atoms with Gasteiger partial charge in [-0.3, -0.25) is 4.79 Å². The molecule has 1 N–H and O–H groups in total. The number of carbonyl (C=O) groups is 1. The standard InChI is InChI=1S/C15H25NO4/c17-14(10-19-13-1-5-16-6-2-13)12-3-7-20-15(9-12)4-8-18-11-15/h12-13,16H,1-11H2. The maximum Gasteiger partial charge on any atom is 0.161 e. The molecule has 1 spiro atoms. The van der Waals surface area contributed by atoms with Crippen molar-refractivity contribution >= 4 is 5.78 Å². The zero-order valence-electron chi connectivity index (χ0n) is 12.1. The van der Waals surface area contributed by atoms with Crippen LogP contribution in [0.5, 0.6) is 0 Å². The SMILES string of the molecule is O=C(COC1CCNCC1)C1CCOC2(CCOC2)C1. The molecule has 3 rings (SSSR count). The Bertz CT molecular complexity index is 335. The predicted molar refractivity (Wildman–Crippen MR) is 73.7 cm³/mol. The quantitative estimate of drug-likeness (QED) is 0.831. The van der Waals surface area contributed by atoms with E-state index < -0.39 is 0 Å². The lowest BCUT2D eigenvalue weighted by molar-refractivity contribution is -0.143. The lowest BCUT2D eigenvalue weighted by Gasteiger charge is -2.36. The summed E-state index contributed by atoms with van der Waals surface area (Å²) in [5, 5.41) is 3.30. The number of ether oxygens (including phenoxy) is 3. The Balaban J connectivity index is 1.46. The van der Waals surface area contributed by atoms with Gasteiger partial charge in [-0.25, -0.2) is 0 Å². The van der Waals surface area contributed by atoms with Gasteiger partial charge in [0.1, 0.15) is 6.61 Å². The summed E-state index contributed by atoms with van der Waals surface area (Å²) >= 11 is 0. The van der Waals surface area contributed by atoms with Gasteiger partial charge in [-0.05, 0) is 38.8 Å². The second-order valence-corrected chi connectivity index (χ2v) is 6.25. The van der Waals surface area contributed by atoms with Crippen LogP contribution in [-0.4, -0.2) is 57.0 Å². The maximum atomic E-state index is 12.3. The molecule has 3 saturated heterocycles. The first-order chi connectivity index (χ1) is 9.77. The van der Waals surface area contributed by atoms with Gasteiger partial charge >= 0.3 is 0 Å². The van der Waals surface area contributed by atoms with E-state index >= 15 is 0 Å². The van der Waals surface area contributed by atoms with E-state index in [1.54, 1.807) is 0 Å². The topological polar surface area (TPSA) is 56.8 Å². The minimum Gasteiger partial charge on any atom is -0.378 e. The molecule has 3 heterocycles. The molecule has 0 aromatic carbocycles. The van der Waals surface area contributed by atoms with Gasteiger partial charge < -0.3 is 19.5 Å². The minimum absolute atomic E-state index is 0.0900. The third-order valence-corrected chi connectivity index (χ3v) is 4.76.